The molecule has 0 radical (unpaired) electrons. The lowest BCUT2D eigenvalue weighted by Gasteiger charge is -2.21. The number of carbonyl (C=O) groups excluding carboxylic acids is 1. The minimum atomic E-state index is -0.959. The molecule has 60 heavy (non-hydrogen) atoms. The fraction of sp³-hybridized carbons (Fsp3) is 0.873. The first kappa shape index (κ1) is 58.6. The maximum absolute atomic E-state index is 12.5. The van der Waals surface area contributed by atoms with Crippen molar-refractivity contribution in [2.24, 2.45) is 0 Å². The smallest absolute Gasteiger partial charge is 0.222 e. The van der Waals surface area contributed by atoms with Crippen molar-refractivity contribution in [2.75, 3.05) is 6.61 Å². The minimum Gasteiger partial charge on any atom is -0.394 e. The molecule has 1 amide bonds. The monoisotopic (exact) mass is 844 g/mol. The van der Waals surface area contributed by atoms with E-state index in [2.05, 4.69) is 43.5 Å². The third-order valence-corrected chi connectivity index (χ3v) is 12.4. The van der Waals surface area contributed by atoms with Crippen LogP contribution in [0, 0.1) is 0 Å². The molecule has 0 saturated heterocycles. The van der Waals surface area contributed by atoms with Crippen LogP contribution in [0.2, 0.25) is 0 Å². The minimum absolute atomic E-state index is 0.00558. The molecular weight excluding hydrogens is 739 g/mol. The maximum atomic E-state index is 12.5. The summed E-state index contributed by atoms with van der Waals surface area (Å²) in [4.78, 5) is 12.5. The first-order chi connectivity index (χ1) is 29.5. The van der Waals surface area contributed by atoms with Gasteiger partial charge in [0.15, 0.2) is 0 Å². The molecule has 0 aromatic carbocycles. The number of aliphatic hydroxyl groups excluding tert-OH is 3. The van der Waals surface area contributed by atoms with Gasteiger partial charge in [0.25, 0.3) is 0 Å². The van der Waals surface area contributed by atoms with E-state index in [9.17, 15) is 20.1 Å². The van der Waals surface area contributed by atoms with Crippen LogP contribution in [0.1, 0.15) is 284 Å². The van der Waals surface area contributed by atoms with Crippen LogP contribution in [0.5, 0.6) is 0 Å². The molecule has 4 N–H and O–H groups in total. The number of nitrogens with one attached hydrogen (secondary N) is 1. The Kier molecular flexibility index (Phi) is 49.0. The summed E-state index contributed by atoms with van der Waals surface area (Å²) in [5.74, 6) is -0.325. The van der Waals surface area contributed by atoms with Crippen LogP contribution in [-0.4, -0.2) is 46.1 Å². The SMILES string of the molecule is CCCCCCCCCCCC/C=C/CC/C=C/CC/C=C/C(O)C(CO)NC(=O)CC(O)CCCCCCCCCCCCCCCCCCCCCCCCCCC. The van der Waals surface area contributed by atoms with Crippen molar-refractivity contribution in [1.82, 2.24) is 5.32 Å². The molecule has 0 spiro atoms. The van der Waals surface area contributed by atoms with Crippen LogP contribution in [0.15, 0.2) is 36.5 Å². The molecule has 3 unspecified atom stereocenters. The summed E-state index contributed by atoms with van der Waals surface area (Å²) in [6, 6.07) is -0.766. The third-order valence-electron chi connectivity index (χ3n) is 12.4. The Morgan fingerprint density at radius 3 is 1.07 bits per heavy atom. The lowest BCUT2D eigenvalue weighted by atomic mass is 10.0. The molecule has 0 aromatic heterocycles. The number of hydrogen-bond donors (Lipinski definition) is 4. The highest BCUT2D eigenvalue weighted by atomic mass is 16.3. The van der Waals surface area contributed by atoms with E-state index in [0.29, 0.717) is 6.42 Å². The van der Waals surface area contributed by atoms with Gasteiger partial charge < -0.3 is 20.6 Å². The first-order valence-electron chi connectivity index (χ1n) is 26.8. The summed E-state index contributed by atoms with van der Waals surface area (Å²) >= 11 is 0. The molecule has 354 valence electrons. The van der Waals surface area contributed by atoms with E-state index in [-0.39, 0.29) is 18.9 Å². The van der Waals surface area contributed by atoms with Gasteiger partial charge in [-0.05, 0) is 44.9 Å². The number of unbranched alkanes of at least 4 members (excludes halogenated alkanes) is 36. The Bertz CT molecular complexity index is 931. The van der Waals surface area contributed by atoms with Crippen molar-refractivity contribution in [3.8, 4) is 0 Å². The largest absolute Gasteiger partial charge is 0.394 e. The van der Waals surface area contributed by atoms with Gasteiger partial charge in [0.2, 0.25) is 5.91 Å². The summed E-state index contributed by atoms with van der Waals surface area (Å²) in [6.45, 7) is 4.22. The highest BCUT2D eigenvalue weighted by molar-refractivity contribution is 5.76. The van der Waals surface area contributed by atoms with Gasteiger partial charge in [0.05, 0.1) is 31.3 Å². The number of aliphatic hydroxyl groups is 3. The summed E-state index contributed by atoms with van der Waals surface area (Å²) in [7, 11) is 0. The predicted octanol–water partition coefficient (Wildman–Crippen LogP) is 16.3. The zero-order chi connectivity index (χ0) is 43.7. The Balaban J connectivity index is 3.61. The zero-order valence-corrected chi connectivity index (χ0v) is 40.4. The molecular formula is C55H105NO4. The average Bonchev–Trinajstić information content (AvgIpc) is 3.24. The number of amides is 1. The van der Waals surface area contributed by atoms with E-state index in [1.165, 1.54) is 218 Å². The standard InChI is InChI=1S/C55H105NO4/c1-3-5-7-9-11-13-15-17-19-21-23-25-26-27-28-29-30-32-34-36-38-40-42-44-46-48-52(58)50-55(60)56-53(51-57)54(59)49-47-45-43-41-39-37-35-33-31-24-22-20-18-16-14-12-10-8-6-4-2/h31,33,39,41,47,49,52-54,57-59H,3-30,32,34-38,40,42-46,48,50-51H2,1-2H3,(H,56,60)/b33-31+,41-39+,49-47+. The van der Waals surface area contributed by atoms with Crippen molar-refractivity contribution in [3.63, 3.8) is 0 Å². The van der Waals surface area contributed by atoms with Gasteiger partial charge in [-0.1, -0.05) is 269 Å². The maximum Gasteiger partial charge on any atom is 0.222 e. The summed E-state index contributed by atoms with van der Waals surface area (Å²) in [6.07, 6.45) is 64.7. The zero-order valence-electron chi connectivity index (χ0n) is 40.4. The molecule has 3 atom stereocenters. The average molecular weight is 844 g/mol. The van der Waals surface area contributed by atoms with Crippen LogP contribution in [-0.2, 0) is 4.79 Å². The number of carbonyl (C=O) groups is 1. The van der Waals surface area contributed by atoms with Crippen LogP contribution >= 0.6 is 0 Å². The molecule has 0 bridgehead atoms. The van der Waals surface area contributed by atoms with Crippen LogP contribution in [0.25, 0.3) is 0 Å². The molecule has 0 fully saturated rings. The predicted molar refractivity (Wildman–Crippen MR) is 264 cm³/mol. The van der Waals surface area contributed by atoms with Gasteiger partial charge in [-0.2, -0.15) is 0 Å². The van der Waals surface area contributed by atoms with Gasteiger partial charge in [-0.15, -0.1) is 0 Å². The molecule has 0 rings (SSSR count). The number of hydrogen-bond acceptors (Lipinski definition) is 4. The fourth-order valence-corrected chi connectivity index (χ4v) is 8.32. The number of allylic oxidation sites excluding steroid dienone is 5. The second-order valence-electron chi connectivity index (χ2n) is 18.5. The highest BCUT2D eigenvalue weighted by Crippen LogP contribution is 2.17. The van der Waals surface area contributed by atoms with E-state index in [1.54, 1.807) is 6.08 Å². The molecule has 5 nitrogen and oxygen atoms in total. The van der Waals surface area contributed by atoms with Crippen molar-refractivity contribution in [3.05, 3.63) is 36.5 Å². The van der Waals surface area contributed by atoms with Crippen molar-refractivity contribution >= 4 is 5.91 Å². The first-order valence-corrected chi connectivity index (χ1v) is 26.8. The van der Waals surface area contributed by atoms with E-state index in [1.807, 2.05) is 6.08 Å². The number of rotatable bonds is 49. The second-order valence-corrected chi connectivity index (χ2v) is 18.5. The molecule has 0 aromatic rings. The van der Waals surface area contributed by atoms with Crippen LogP contribution < -0.4 is 5.32 Å². The molecule has 5 heteroatoms. The van der Waals surface area contributed by atoms with Crippen LogP contribution in [0.4, 0.5) is 0 Å². The molecule has 0 aliphatic carbocycles. The van der Waals surface area contributed by atoms with Gasteiger partial charge in [-0.25, -0.2) is 0 Å². The summed E-state index contributed by atoms with van der Waals surface area (Å²) in [5.41, 5.74) is 0. The van der Waals surface area contributed by atoms with E-state index < -0.39 is 18.2 Å². The quantitative estimate of drug-likeness (QED) is 0.0363. The topological polar surface area (TPSA) is 89.8 Å². The third kappa shape index (κ3) is 46.1. The van der Waals surface area contributed by atoms with Crippen molar-refractivity contribution < 1.29 is 20.1 Å². The molecule has 0 aliphatic rings. The molecule has 0 heterocycles. The van der Waals surface area contributed by atoms with Gasteiger partial charge in [0, 0.05) is 0 Å². The lowest BCUT2D eigenvalue weighted by molar-refractivity contribution is -0.124. The Hall–Kier alpha value is -1.43. The van der Waals surface area contributed by atoms with Gasteiger partial charge >= 0.3 is 0 Å². The summed E-state index contributed by atoms with van der Waals surface area (Å²) in [5, 5.41) is 33.4. The van der Waals surface area contributed by atoms with Crippen molar-refractivity contribution in [1.29, 1.82) is 0 Å². The van der Waals surface area contributed by atoms with Crippen molar-refractivity contribution in [2.45, 2.75) is 302 Å². The fourth-order valence-electron chi connectivity index (χ4n) is 8.32. The Morgan fingerprint density at radius 1 is 0.417 bits per heavy atom. The van der Waals surface area contributed by atoms with E-state index in [0.717, 1.165) is 38.5 Å². The highest BCUT2D eigenvalue weighted by Gasteiger charge is 2.20. The molecule has 0 aliphatic heterocycles. The van der Waals surface area contributed by atoms with E-state index >= 15 is 0 Å². The normalized spacial score (nSPS) is 13.6. The van der Waals surface area contributed by atoms with Crippen LogP contribution in [0.3, 0.4) is 0 Å². The lowest BCUT2D eigenvalue weighted by Crippen LogP contribution is -2.45. The second kappa shape index (κ2) is 50.2. The van der Waals surface area contributed by atoms with Gasteiger partial charge in [0.1, 0.15) is 0 Å². The Labute approximate surface area is 374 Å². The molecule has 0 saturated carbocycles. The summed E-state index contributed by atoms with van der Waals surface area (Å²) < 4.78 is 0. The van der Waals surface area contributed by atoms with Gasteiger partial charge in [-0.3, -0.25) is 4.79 Å². The van der Waals surface area contributed by atoms with E-state index in [4.69, 9.17) is 0 Å². The Morgan fingerprint density at radius 2 is 0.717 bits per heavy atom.